The van der Waals surface area contributed by atoms with Crippen LogP contribution in [0.15, 0.2) is 91.0 Å². The Morgan fingerprint density at radius 1 is 0.690 bits per heavy atom. The van der Waals surface area contributed by atoms with E-state index in [0.717, 1.165) is 16.9 Å². The molecule has 4 aromatic rings. The number of nitrogens with zero attached hydrogens (tertiary/aromatic N) is 2. The van der Waals surface area contributed by atoms with Gasteiger partial charge in [-0.25, -0.2) is 9.97 Å². The van der Waals surface area contributed by atoms with Crippen molar-refractivity contribution in [2.75, 3.05) is 10.6 Å². The molecule has 0 aliphatic rings. The number of hydrogen-bond acceptors (Lipinski definition) is 5. The summed E-state index contributed by atoms with van der Waals surface area (Å²) in [6, 6.07) is 28.9. The minimum absolute atomic E-state index is 0.0211. The Bertz CT molecular complexity index is 1130. The third-order valence-corrected chi connectivity index (χ3v) is 4.35. The van der Waals surface area contributed by atoms with Crippen molar-refractivity contribution in [3.63, 3.8) is 0 Å². The third kappa shape index (κ3) is 4.65. The van der Waals surface area contributed by atoms with E-state index in [2.05, 4.69) is 20.6 Å². The minimum Gasteiger partial charge on any atom is -0.340 e. The number of nitrogens with one attached hydrogen (secondary N) is 2. The highest BCUT2D eigenvalue weighted by Gasteiger charge is 2.09. The summed E-state index contributed by atoms with van der Waals surface area (Å²) < 4.78 is 0. The lowest BCUT2D eigenvalue weighted by Crippen LogP contribution is -2.02. The van der Waals surface area contributed by atoms with Crippen molar-refractivity contribution in [3.8, 4) is 11.4 Å². The second-order valence-corrected chi connectivity index (χ2v) is 6.58. The molecule has 0 spiro atoms. The molecular formula is C24H20N4O. The maximum atomic E-state index is 11.7. The highest BCUT2D eigenvalue weighted by atomic mass is 16.1. The molecule has 0 fully saturated rings. The van der Waals surface area contributed by atoms with Gasteiger partial charge in [0, 0.05) is 28.6 Å². The van der Waals surface area contributed by atoms with Crippen LogP contribution in [0.5, 0.6) is 0 Å². The minimum atomic E-state index is 0.0211. The smallest absolute Gasteiger partial charge is 0.163 e. The number of ketones is 1. The van der Waals surface area contributed by atoms with Gasteiger partial charge in [0.15, 0.2) is 11.6 Å². The number of carbonyl (C=O) groups is 1. The Labute approximate surface area is 169 Å². The Hall–Kier alpha value is -3.99. The van der Waals surface area contributed by atoms with E-state index in [9.17, 15) is 4.79 Å². The zero-order valence-corrected chi connectivity index (χ0v) is 16.0. The van der Waals surface area contributed by atoms with Gasteiger partial charge in [-0.05, 0) is 31.2 Å². The second kappa shape index (κ2) is 8.35. The van der Waals surface area contributed by atoms with Crippen molar-refractivity contribution >= 4 is 28.8 Å². The van der Waals surface area contributed by atoms with E-state index in [1.807, 2.05) is 84.9 Å². The quantitative estimate of drug-likeness (QED) is 0.412. The van der Waals surface area contributed by atoms with Gasteiger partial charge < -0.3 is 10.6 Å². The normalized spacial score (nSPS) is 10.4. The third-order valence-electron chi connectivity index (χ3n) is 4.35. The molecule has 5 heteroatoms. The van der Waals surface area contributed by atoms with Crippen LogP contribution in [-0.4, -0.2) is 15.8 Å². The zero-order chi connectivity index (χ0) is 20.1. The molecule has 142 valence electrons. The van der Waals surface area contributed by atoms with Gasteiger partial charge >= 0.3 is 0 Å². The first kappa shape index (κ1) is 18.4. The van der Waals surface area contributed by atoms with Crippen LogP contribution in [0.4, 0.5) is 23.0 Å². The summed E-state index contributed by atoms with van der Waals surface area (Å²) in [6.45, 7) is 1.55. The lowest BCUT2D eigenvalue weighted by atomic mass is 10.1. The molecule has 5 nitrogen and oxygen atoms in total. The van der Waals surface area contributed by atoms with Crippen molar-refractivity contribution in [1.82, 2.24) is 9.97 Å². The molecule has 4 rings (SSSR count). The van der Waals surface area contributed by atoms with Crippen LogP contribution in [0.3, 0.4) is 0 Å². The zero-order valence-electron chi connectivity index (χ0n) is 16.0. The van der Waals surface area contributed by atoms with Crippen molar-refractivity contribution in [3.05, 3.63) is 96.6 Å². The molecule has 1 aromatic heterocycles. The summed E-state index contributed by atoms with van der Waals surface area (Å²) in [5.74, 6) is 1.94. The van der Waals surface area contributed by atoms with Crippen LogP contribution in [-0.2, 0) is 0 Å². The average Bonchev–Trinajstić information content (AvgIpc) is 2.75. The number of anilines is 4. The van der Waals surface area contributed by atoms with Crippen molar-refractivity contribution in [1.29, 1.82) is 0 Å². The summed E-state index contributed by atoms with van der Waals surface area (Å²) in [6.07, 6.45) is 0. The predicted molar refractivity (Wildman–Crippen MR) is 117 cm³/mol. The number of aromatic nitrogens is 2. The maximum absolute atomic E-state index is 11.7. The number of hydrogen-bond donors (Lipinski definition) is 2. The van der Waals surface area contributed by atoms with Gasteiger partial charge in [0.25, 0.3) is 0 Å². The molecule has 2 N–H and O–H groups in total. The number of benzene rings is 3. The summed E-state index contributed by atoms with van der Waals surface area (Å²) in [5, 5.41) is 6.62. The number of rotatable bonds is 6. The van der Waals surface area contributed by atoms with Gasteiger partial charge in [0.1, 0.15) is 11.6 Å². The fourth-order valence-electron chi connectivity index (χ4n) is 2.92. The highest BCUT2D eigenvalue weighted by molar-refractivity contribution is 5.95. The van der Waals surface area contributed by atoms with E-state index in [4.69, 9.17) is 0 Å². The molecule has 1 heterocycles. The number of Topliss-reactive ketones (excluding diaryl/α,β-unsaturated/α-hetero) is 1. The summed E-state index contributed by atoms with van der Waals surface area (Å²) in [7, 11) is 0. The highest BCUT2D eigenvalue weighted by Crippen LogP contribution is 2.25. The molecule has 0 radical (unpaired) electrons. The van der Waals surface area contributed by atoms with Crippen molar-refractivity contribution in [2.24, 2.45) is 0 Å². The Morgan fingerprint density at radius 2 is 1.28 bits per heavy atom. The lowest BCUT2D eigenvalue weighted by Gasteiger charge is -2.12. The fourth-order valence-corrected chi connectivity index (χ4v) is 2.92. The van der Waals surface area contributed by atoms with Crippen LogP contribution in [0.2, 0.25) is 0 Å². The van der Waals surface area contributed by atoms with E-state index in [1.165, 1.54) is 0 Å². The largest absolute Gasteiger partial charge is 0.340 e. The molecule has 0 aliphatic heterocycles. The van der Waals surface area contributed by atoms with Gasteiger partial charge in [0.2, 0.25) is 0 Å². The Balaban J connectivity index is 1.71. The first-order chi connectivity index (χ1) is 14.2. The lowest BCUT2D eigenvalue weighted by molar-refractivity contribution is 0.101. The molecule has 29 heavy (non-hydrogen) atoms. The Kier molecular flexibility index (Phi) is 5.29. The molecule has 3 aromatic carbocycles. The Morgan fingerprint density at radius 3 is 1.93 bits per heavy atom. The SMILES string of the molecule is CC(=O)c1cccc(Nc2cc(Nc3ccccc3)nc(-c3ccccc3)n2)c1. The van der Waals surface area contributed by atoms with Crippen LogP contribution in [0.25, 0.3) is 11.4 Å². The molecule has 0 unspecified atom stereocenters. The summed E-state index contributed by atoms with van der Waals surface area (Å²) in [5.41, 5.74) is 3.30. The summed E-state index contributed by atoms with van der Waals surface area (Å²) >= 11 is 0. The van der Waals surface area contributed by atoms with Crippen LogP contribution < -0.4 is 10.6 Å². The van der Waals surface area contributed by atoms with Gasteiger partial charge in [-0.3, -0.25) is 4.79 Å². The number of carbonyl (C=O) groups excluding carboxylic acids is 1. The second-order valence-electron chi connectivity index (χ2n) is 6.58. The molecule has 0 bridgehead atoms. The molecular weight excluding hydrogens is 360 g/mol. The van der Waals surface area contributed by atoms with Crippen LogP contribution in [0.1, 0.15) is 17.3 Å². The average molecular weight is 380 g/mol. The predicted octanol–water partition coefficient (Wildman–Crippen LogP) is 5.83. The maximum Gasteiger partial charge on any atom is 0.163 e. The van der Waals surface area contributed by atoms with Gasteiger partial charge in [0.05, 0.1) is 0 Å². The van der Waals surface area contributed by atoms with Crippen molar-refractivity contribution in [2.45, 2.75) is 6.92 Å². The monoisotopic (exact) mass is 380 g/mol. The first-order valence-electron chi connectivity index (χ1n) is 9.32. The molecule has 0 amide bonds. The van der Waals surface area contributed by atoms with Crippen LogP contribution >= 0.6 is 0 Å². The van der Waals surface area contributed by atoms with Crippen LogP contribution in [0, 0.1) is 0 Å². The summed E-state index contributed by atoms with van der Waals surface area (Å²) in [4.78, 5) is 21.0. The molecule has 0 saturated heterocycles. The van der Waals surface area contributed by atoms with Gasteiger partial charge in [-0.2, -0.15) is 0 Å². The first-order valence-corrected chi connectivity index (χ1v) is 9.32. The molecule has 0 atom stereocenters. The van der Waals surface area contributed by atoms with E-state index in [-0.39, 0.29) is 5.78 Å². The van der Waals surface area contributed by atoms with Crippen molar-refractivity contribution < 1.29 is 4.79 Å². The fraction of sp³-hybridized carbons (Fsp3) is 0.0417. The van der Waals surface area contributed by atoms with E-state index in [1.54, 1.807) is 13.0 Å². The van der Waals surface area contributed by atoms with E-state index in [0.29, 0.717) is 23.0 Å². The topological polar surface area (TPSA) is 66.9 Å². The van der Waals surface area contributed by atoms with E-state index < -0.39 is 0 Å². The van der Waals surface area contributed by atoms with Gasteiger partial charge in [-0.15, -0.1) is 0 Å². The molecule has 0 saturated carbocycles. The standard InChI is InChI=1S/C24H20N4O/c1-17(29)19-11-8-14-21(15-19)26-23-16-22(25-20-12-6-3-7-13-20)27-24(28-23)18-9-4-2-5-10-18/h2-16H,1H3,(H2,25,26,27,28). The molecule has 0 aliphatic carbocycles. The van der Waals surface area contributed by atoms with Gasteiger partial charge in [-0.1, -0.05) is 60.7 Å². The number of para-hydroxylation sites is 1. The van der Waals surface area contributed by atoms with E-state index >= 15 is 0 Å².